The van der Waals surface area contributed by atoms with E-state index in [-0.39, 0.29) is 0 Å². The van der Waals surface area contributed by atoms with Crippen LogP contribution in [0.1, 0.15) is 11.1 Å². The summed E-state index contributed by atoms with van der Waals surface area (Å²) in [5.74, 6) is 1.31. The summed E-state index contributed by atoms with van der Waals surface area (Å²) in [6.45, 7) is 13.0. The molecule has 14 nitrogen and oxygen atoms in total. The molecule has 58 heavy (non-hydrogen) atoms. The smallest absolute Gasteiger partial charge is 0.161 e. The summed E-state index contributed by atoms with van der Waals surface area (Å²) in [5, 5.41) is 0. The highest BCUT2D eigenvalue weighted by Crippen LogP contribution is 2.26. The van der Waals surface area contributed by atoms with E-state index in [0.717, 1.165) is 11.1 Å². The molecule has 0 radical (unpaired) electrons. The van der Waals surface area contributed by atoms with Crippen molar-refractivity contribution in [1.82, 2.24) is 0 Å². The number of ether oxygens (including phenoxy) is 14. The van der Waals surface area contributed by atoms with Crippen LogP contribution in [0.15, 0.2) is 84.9 Å². The third-order valence-electron chi connectivity index (χ3n) is 7.76. The quantitative estimate of drug-likeness (QED) is 0.0708. The van der Waals surface area contributed by atoms with Gasteiger partial charge in [-0.3, -0.25) is 0 Å². The summed E-state index contributed by atoms with van der Waals surface area (Å²) in [7, 11) is 0. The van der Waals surface area contributed by atoms with Gasteiger partial charge in [-0.05, 0) is 23.3 Å². The second-order valence-corrected chi connectivity index (χ2v) is 12.3. The first-order valence-corrected chi connectivity index (χ1v) is 20.3. The first-order chi connectivity index (χ1) is 28.9. The molecule has 0 aliphatic carbocycles. The minimum atomic E-state index is 0.391. The fourth-order valence-electron chi connectivity index (χ4n) is 4.84. The third-order valence-corrected chi connectivity index (χ3v) is 7.76. The zero-order valence-corrected chi connectivity index (χ0v) is 34.2. The molecule has 0 aliphatic heterocycles. The zero-order chi connectivity index (χ0) is 40.5. The highest BCUT2D eigenvalue weighted by Gasteiger charge is 2.05. The highest BCUT2D eigenvalue weighted by molar-refractivity contribution is 5.39. The second-order valence-electron chi connectivity index (χ2n) is 12.3. The summed E-state index contributed by atoms with van der Waals surface area (Å²) in [6, 6.07) is 27.7. The van der Waals surface area contributed by atoms with Crippen LogP contribution in [0.25, 0.3) is 0 Å². The molecule has 0 saturated carbocycles. The minimum absolute atomic E-state index is 0.391. The van der Waals surface area contributed by atoms with Gasteiger partial charge in [0.2, 0.25) is 0 Å². The largest absolute Gasteiger partial charge is 0.487 e. The lowest BCUT2D eigenvalue weighted by molar-refractivity contribution is -0.0189. The molecular formula is C44H66O14. The summed E-state index contributed by atoms with van der Waals surface area (Å²) in [5.41, 5.74) is 2.31. The topological polar surface area (TPSA) is 129 Å². The van der Waals surface area contributed by atoms with E-state index in [1.807, 2.05) is 84.9 Å². The van der Waals surface area contributed by atoms with Gasteiger partial charge in [0.15, 0.2) is 11.5 Å². The Hall–Kier alpha value is -3.22. The van der Waals surface area contributed by atoms with Crippen molar-refractivity contribution < 1.29 is 66.3 Å². The van der Waals surface area contributed by atoms with E-state index in [9.17, 15) is 0 Å². The Balaban J connectivity index is 0.975. The van der Waals surface area contributed by atoms with Gasteiger partial charge in [0.1, 0.15) is 13.2 Å². The van der Waals surface area contributed by atoms with Gasteiger partial charge in [-0.15, -0.1) is 0 Å². The first-order valence-electron chi connectivity index (χ1n) is 20.3. The molecule has 0 bridgehead atoms. The first kappa shape index (κ1) is 49.1. The van der Waals surface area contributed by atoms with E-state index in [1.165, 1.54) is 0 Å². The maximum absolute atomic E-state index is 5.86. The molecule has 0 unspecified atom stereocenters. The Morgan fingerprint density at radius 1 is 0.207 bits per heavy atom. The van der Waals surface area contributed by atoms with Gasteiger partial charge in [-0.1, -0.05) is 72.8 Å². The van der Waals surface area contributed by atoms with Gasteiger partial charge >= 0.3 is 0 Å². The van der Waals surface area contributed by atoms with Gasteiger partial charge < -0.3 is 66.3 Å². The third kappa shape index (κ3) is 29.1. The summed E-state index contributed by atoms with van der Waals surface area (Å²) in [6.07, 6.45) is 0. The predicted octanol–water partition coefficient (Wildman–Crippen LogP) is 5.04. The summed E-state index contributed by atoms with van der Waals surface area (Å²) >= 11 is 0. The lowest BCUT2D eigenvalue weighted by Crippen LogP contribution is -2.15. The maximum atomic E-state index is 5.86. The Kier molecular flexibility index (Phi) is 32.2. The zero-order valence-electron chi connectivity index (χ0n) is 34.2. The highest BCUT2D eigenvalue weighted by atomic mass is 16.6. The van der Waals surface area contributed by atoms with Crippen LogP contribution >= 0.6 is 0 Å². The SMILES string of the molecule is c1ccc(COCCOCCOCCOCCOCCOCCOc2ccccc2OCCOCCOCCOCCOCCOCCOCc2ccccc2)cc1. The molecule has 3 aromatic carbocycles. The molecule has 0 spiro atoms. The molecular weight excluding hydrogens is 752 g/mol. The van der Waals surface area contributed by atoms with Gasteiger partial charge in [0.05, 0.1) is 159 Å². The summed E-state index contributed by atoms with van der Waals surface area (Å²) in [4.78, 5) is 0. The lowest BCUT2D eigenvalue weighted by Gasteiger charge is -2.13. The van der Waals surface area contributed by atoms with Crippen LogP contribution < -0.4 is 9.47 Å². The van der Waals surface area contributed by atoms with Crippen molar-refractivity contribution in [2.75, 3.05) is 159 Å². The molecule has 3 aromatic rings. The van der Waals surface area contributed by atoms with Gasteiger partial charge in [0.25, 0.3) is 0 Å². The number of para-hydroxylation sites is 2. The molecule has 0 fully saturated rings. The molecule has 14 heteroatoms. The van der Waals surface area contributed by atoms with Crippen molar-refractivity contribution >= 4 is 0 Å². The Morgan fingerprint density at radius 2 is 0.414 bits per heavy atom. The van der Waals surface area contributed by atoms with Crippen LogP contribution in [0.2, 0.25) is 0 Å². The molecule has 326 valence electrons. The average molecular weight is 819 g/mol. The van der Waals surface area contributed by atoms with E-state index in [4.69, 9.17) is 66.3 Å². The lowest BCUT2D eigenvalue weighted by atomic mass is 10.2. The van der Waals surface area contributed by atoms with Crippen molar-refractivity contribution in [3.63, 3.8) is 0 Å². The number of hydrogen-bond donors (Lipinski definition) is 0. The van der Waals surface area contributed by atoms with E-state index >= 15 is 0 Å². The fourth-order valence-corrected chi connectivity index (χ4v) is 4.84. The van der Waals surface area contributed by atoms with E-state index in [1.54, 1.807) is 0 Å². The fraction of sp³-hybridized carbons (Fsp3) is 0.591. The van der Waals surface area contributed by atoms with Crippen LogP contribution in [0.4, 0.5) is 0 Å². The molecule has 0 N–H and O–H groups in total. The molecule has 0 amide bonds. The molecule has 0 aliphatic rings. The van der Waals surface area contributed by atoms with Crippen LogP contribution in [-0.2, 0) is 70.1 Å². The van der Waals surface area contributed by atoms with Crippen LogP contribution in [0, 0.1) is 0 Å². The van der Waals surface area contributed by atoms with Gasteiger partial charge in [0, 0.05) is 0 Å². The maximum Gasteiger partial charge on any atom is 0.161 e. The van der Waals surface area contributed by atoms with Crippen molar-refractivity contribution in [3.05, 3.63) is 96.1 Å². The normalized spacial score (nSPS) is 11.3. The van der Waals surface area contributed by atoms with Crippen LogP contribution in [-0.4, -0.2) is 159 Å². The van der Waals surface area contributed by atoms with E-state index in [2.05, 4.69) is 0 Å². The Bertz CT molecular complexity index is 1190. The van der Waals surface area contributed by atoms with Crippen LogP contribution in [0.5, 0.6) is 11.5 Å². The van der Waals surface area contributed by atoms with Crippen molar-refractivity contribution in [2.24, 2.45) is 0 Å². The predicted molar refractivity (Wildman–Crippen MR) is 218 cm³/mol. The Labute approximate surface area is 345 Å². The number of rotatable bonds is 42. The molecule has 3 rings (SSSR count). The number of benzene rings is 3. The standard InChI is InChI=1S/C44H66O14/c1-3-9-41(10-4-1)39-55-33-31-51-25-23-47-17-15-45-19-21-49-27-29-53-35-37-57-43-13-7-8-14-44(43)58-38-36-54-30-28-50-22-20-46-16-18-48-24-26-52-32-34-56-40-42-11-5-2-6-12-42/h1-14H,15-40H2. The monoisotopic (exact) mass is 818 g/mol. The number of hydrogen-bond acceptors (Lipinski definition) is 14. The van der Waals surface area contributed by atoms with E-state index in [0.29, 0.717) is 183 Å². The second kappa shape index (κ2) is 38.0. The van der Waals surface area contributed by atoms with Crippen LogP contribution in [0.3, 0.4) is 0 Å². The van der Waals surface area contributed by atoms with Gasteiger partial charge in [-0.2, -0.15) is 0 Å². The average Bonchev–Trinajstić information content (AvgIpc) is 3.26. The van der Waals surface area contributed by atoms with Crippen molar-refractivity contribution in [2.45, 2.75) is 13.2 Å². The van der Waals surface area contributed by atoms with Crippen molar-refractivity contribution in [3.8, 4) is 11.5 Å². The van der Waals surface area contributed by atoms with Crippen molar-refractivity contribution in [1.29, 1.82) is 0 Å². The molecule has 0 heterocycles. The minimum Gasteiger partial charge on any atom is -0.487 e. The van der Waals surface area contributed by atoms with Gasteiger partial charge in [-0.25, -0.2) is 0 Å². The molecule has 0 saturated heterocycles. The molecule has 0 atom stereocenters. The van der Waals surface area contributed by atoms with E-state index < -0.39 is 0 Å². The Morgan fingerprint density at radius 3 is 0.672 bits per heavy atom. The molecule has 0 aromatic heterocycles. The summed E-state index contributed by atoms with van der Waals surface area (Å²) < 4.78 is 78.3.